The fourth-order valence-corrected chi connectivity index (χ4v) is 2.30. The van der Waals surface area contributed by atoms with E-state index in [1.54, 1.807) is 7.05 Å². The highest BCUT2D eigenvalue weighted by molar-refractivity contribution is 5.94. The van der Waals surface area contributed by atoms with Gasteiger partial charge in [-0.15, -0.1) is 0 Å². The molecule has 7 nitrogen and oxygen atoms in total. The molecule has 0 saturated carbocycles. The van der Waals surface area contributed by atoms with Crippen molar-refractivity contribution in [3.05, 3.63) is 23.7 Å². The molecule has 20 heavy (non-hydrogen) atoms. The van der Waals surface area contributed by atoms with Crippen molar-refractivity contribution in [1.82, 2.24) is 10.2 Å². The molecule has 1 unspecified atom stereocenters. The summed E-state index contributed by atoms with van der Waals surface area (Å²) >= 11 is 0. The van der Waals surface area contributed by atoms with Gasteiger partial charge in [-0.1, -0.05) is 0 Å². The van der Waals surface area contributed by atoms with Crippen molar-refractivity contribution in [3.63, 3.8) is 0 Å². The van der Waals surface area contributed by atoms with Crippen molar-refractivity contribution < 1.29 is 23.9 Å². The minimum Gasteiger partial charge on any atom is -0.475 e. The summed E-state index contributed by atoms with van der Waals surface area (Å²) in [7, 11) is 1.56. The molecular formula is C13H16N2O5. The number of carboxylic acids is 1. The predicted octanol–water partition coefficient (Wildman–Crippen LogP) is 0.576. The Labute approximate surface area is 115 Å². The van der Waals surface area contributed by atoms with Crippen LogP contribution in [0.3, 0.4) is 0 Å². The quantitative estimate of drug-likeness (QED) is 0.843. The van der Waals surface area contributed by atoms with Gasteiger partial charge in [-0.2, -0.15) is 0 Å². The third-order valence-corrected chi connectivity index (χ3v) is 3.35. The first-order chi connectivity index (χ1) is 9.52. The summed E-state index contributed by atoms with van der Waals surface area (Å²) in [5, 5.41) is 11.3. The smallest absolute Gasteiger partial charge is 0.371 e. The summed E-state index contributed by atoms with van der Waals surface area (Å²) in [5.41, 5.74) is 0. The van der Waals surface area contributed by atoms with E-state index in [-0.39, 0.29) is 29.3 Å². The standard InChI is InChI=1S/C13H16N2O5/c1-14-11(16)8-3-2-6-15(7-8)12(17)9-4-5-10(20-9)13(18)19/h4-5,8H,2-3,6-7H2,1H3,(H,14,16)(H,18,19). The normalized spacial score (nSPS) is 18.6. The van der Waals surface area contributed by atoms with Gasteiger partial charge in [-0.25, -0.2) is 4.79 Å². The number of hydrogen-bond donors (Lipinski definition) is 2. The molecule has 0 spiro atoms. The third-order valence-electron chi connectivity index (χ3n) is 3.35. The molecule has 1 fully saturated rings. The zero-order valence-corrected chi connectivity index (χ0v) is 11.1. The molecule has 0 radical (unpaired) electrons. The molecule has 2 rings (SSSR count). The van der Waals surface area contributed by atoms with E-state index in [9.17, 15) is 14.4 Å². The Kier molecular flexibility index (Phi) is 4.07. The van der Waals surface area contributed by atoms with E-state index in [1.807, 2.05) is 0 Å². The van der Waals surface area contributed by atoms with Crippen LogP contribution >= 0.6 is 0 Å². The molecule has 0 aromatic carbocycles. The zero-order valence-electron chi connectivity index (χ0n) is 11.1. The fourth-order valence-electron chi connectivity index (χ4n) is 2.30. The summed E-state index contributed by atoms with van der Waals surface area (Å²) in [6, 6.07) is 2.59. The average molecular weight is 280 g/mol. The highest BCUT2D eigenvalue weighted by atomic mass is 16.4. The van der Waals surface area contributed by atoms with Crippen molar-refractivity contribution in [2.45, 2.75) is 12.8 Å². The van der Waals surface area contributed by atoms with Gasteiger partial charge < -0.3 is 19.7 Å². The average Bonchev–Trinajstić information content (AvgIpc) is 2.95. The topological polar surface area (TPSA) is 99.9 Å². The summed E-state index contributed by atoms with van der Waals surface area (Å²) in [4.78, 5) is 36.1. The number of carbonyl (C=O) groups excluding carboxylic acids is 2. The summed E-state index contributed by atoms with van der Waals surface area (Å²) in [5.74, 6) is -2.20. The van der Waals surface area contributed by atoms with E-state index in [2.05, 4.69) is 5.32 Å². The third kappa shape index (κ3) is 2.81. The van der Waals surface area contributed by atoms with Crippen LogP contribution in [-0.4, -0.2) is 47.9 Å². The summed E-state index contributed by atoms with van der Waals surface area (Å²) < 4.78 is 4.99. The predicted molar refractivity (Wildman–Crippen MR) is 68.4 cm³/mol. The number of piperidine rings is 1. The van der Waals surface area contributed by atoms with Crippen LogP contribution in [0.2, 0.25) is 0 Å². The first-order valence-corrected chi connectivity index (χ1v) is 6.37. The number of carboxylic acid groups (broad SMARTS) is 1. The number of aromatic carboxylic acids is 1. The van der Waals surface area contributed by atoms with Gasteiger partial charge in [0.25, 0.3) is 5.91 Å². The lowest BCUT2D eigenvalue weighted by atomic mass is 9.97. The van der Waals surface area contributed by atoms with Crippen LogP contribution in [-0.2, 0) is 4.79 Å². The second-order valence-electron chi connectivity index (χ2n) is 4.67. The van der Waals surface area contributed by atoms with Crippen LogP contribution in [0, 0.1) is 5.92 Å². The monoisotopic (exact) mass is 280 g/mol. The van der Waals surface area contributed by atoms with Crippen LogP contribution in [0.1, 0.15) is 34.0 Å². The number of nitrogens with one attached hydrogen (secondary N) is 1. The molecule has 1 aromatic heterocycles. The lowest BCUT2D eigenvalue weighted by Crippen LogP contribution is -2.44. The zero-order chi connectivity index (χ0) is 14.7. The van der Waals surface area contributed by atoms with Crippen molar-refractivity contribution in [2.24, 2.45) is 5.92 Å². The molecular weight excluding hydrogens is 264 g/mol. The number of nitrogens with zero attached hydrogens (tertiary/aromatic N) is 1. The van der Waals surface area contributed by atoms with Crippen molar-refractivity contribution in [2.75, 3.05) is 20.1 Å². The van der Waals surface area contributed by atoms with E-state index in [0.29, 0.717) is 13.1 Å². The van der Waals surface area contributed by atoms with E-state index < -0.39 is 5.97 Å². The van der Waals surface area contributed by atoms with Gasteiger partial charge >= 0.3 is 5.97 Å². The molecule has 2 amide bonds. The molecule has 2 heterocycles. The highest BCUT2D eigenvalue weighted by Crippen LogP contribution is 2.19. The van der Waals surface area contributed by atoms with Crippen LogP contribution in [0.4, 0.5) is 0 Å². The van der Waals surface area contributed by atoms with Crippen LogP contribution in [0.25, 0.3) is 0 Å². The summed E-state index contributed by atoms with van der Waals surface area (Å²) in [6.45, 7) is 0.858. The van der Waals surface area contributed by atoms with Crippen molar-refractivity contribution in [3.8, 4) is 0 Å². The molecule has 2 N–H and O–H groups in total. The van der Waals surface area contributed by atoms with Gasteiger partial charge in [0.15, 0.2) is 5.76 Å². The molecule has 108 valence electrons. The first-order valence-electron chi connectivity index (χ1n) is 6.37. The van der Waals surface area contributed by atoms with Gasteiger partial charge in [0.1, 0.15) is 0 Å². The number of rotatable bonds is 3. The minimum atomic E-state index is -1.22. The lowest BCUT2D eigenvalue weighted by Gasteiger charge is -2.31. The number of amides is 2. The maximum Gasteiger partial charge on any atom is 0.371 e. The largest absolute Gasteiger partial charge is 0.475 e. The second-order valence-corrected chi connectivity index (χ2v) is 4.67. The van der Waals surface area contributed by atoms with Crippen molar-refractivity contribution >= 4 is 17.8 Å². The Morgan fingerprint density at radius 3 is 2.65 bits per heavy atom. The van der Waals surface area contributed by atoms with Gasteiger partial charge in [0, 0.05) is 20.1 Å². The van der Waals surface area contributed by atoms with Crippen molar-refractivity contribution in [1.29, 1.82) is 0 Å². The van der Waals surface area contributed by atoms with E-state index >= 15 is 0 Å². The Morgan fingerprint density at radius 1 is 1.35 bits per heavy atom. The molecule has 1 aliphatic rings. The van der Waals surface area contributed by atoms with Crippen LogP contribution in [0.15, 0.2) is 16.5 Å². The van der Waals surface area contributed by atoms with E-state index in [1.165, 1.54) is 17.0 Å². The summed E-state index contributed by atoms with van der Waals surface area (Å²) in [6.07, 6.45) is 1.47. The molecule has 7 heteroatoms. The first kappa shape index (κ1) is 14.1. The lowest BCUT2D eigenvalue weighted by molar-refractivity contribution is -0.125. The molecule has 1 aromatic rings. The number of carbonyl (C=O) groups is 3. The molecule has 0 aliphatic carbocycles. The second kappa shape index (κ2) is 5.77. The molecule has 1 atom stereocenters. The molecule has 0 bridgehead atoms. The molecule has 1 saturated heterocycles. The van der Waals surface area contributed by atoms with Gasteiger partial charge in [0.05, 0.1) is 5.92 Å². The number of likely N-dealkylation sites (tertiary alicyclic amines) is 1. The van der Waals surface area contributed by atoms with E-state index in [4.69, 9.17) is 9.52 Å². The maximum absolute atomic E-state index is 12.2. The fraction of sp³-hybridized carbons (Fsp3) is 0.462. The van der Waals surface area contributed by atoms with Crippen LogP contribution in [0.5, 0.6) is 0 Å². The minimum absolute atomic E-state index is 0.0139. The Bertz CT molecular complexity index is 537. The van der Waals surface area contributed by atoms with Gasteiger partial charge in [-0.05, 0) is 25.0 Å². The molecule has 1 aliphatic heterocycles. The number of hydrogen-bond acceptors (Lipinski definition) is 4. The SMILES string of the molecule is CNC(=O)C1CCCN(C(=O)c2ccc(C(=O)O)o2)C1. The highest BCUT2D eigenvalue weighted by Gasteiger charge is 2.29. The number of furan rings is 1. The Balaban J connectivity index is 2.08. The van der Waals surface area contributed by atoms with Gasteiger partial charge in [-0.3, -0.25) is 9.59 Å². The maximum atomic E-state index is 12.2. The van der Waals surface area contributed by atoms with Crippen LogP contribution < -0.4 is 5.32 Å². The Hall–Kier alpha value is -2.31. The Morgan fingerprint density at radius 2 is 2.05 bits per heavy atom. The van der Waals surface area contributed by atoms with E-state index in [0.717, 1.165) is 12.8 Å². The van der Waals surface area contributed by atoms with Gasteiger partial charge in [0.2, 0.25) is 11.7 Å².